The molecule has 0 atom stereocenters. The lowest BCUT2D eigenvalue weighted by atomic mass is 9.76. The maximum Gasteiger partial charge on any atom is 0.0408 e. The topological polar surface area (TPSA) is 15.3 Å². The minimum atomic E-state index is 0.644. The second-order valence-corrected chi connectivity index (χ2v) is 6.74. The second-order valence-electron chi connectivity index (χ2n) is 6.30. The maximum absolute atomic E-state index is 6.04. The zero-order valence-electron chi connectivity index (χ0n) is 12.9. The van der Waals surface area contributed by atoms with Crippen molar-refractivity contribution in [2.75, 3.05) is 20.1 Å². The predicted molar refractivity (Wildman–Crippen MR) is 87.6 cm³/mol. The zero-order chi connectivity index (χ0) is 14.5. The van der Waals surface area contributed by atoms with Crippen molar-refractivity contribution in [1.29, 1.82) is 0 Å². The Bertz CT molecular complexity index is 413. The van der Waals surface area contributed by atoms with Gasteiger partial charge in [0.15, 0.2) is 0 Å². The van der Waals surface area contributed by atoms with E-state index in [0.717, 1.165) is 11.6 Å². The van der Waals surface area contributed by atoms with Gasteiger partial charge in [-0.15, -0.1) is 0 Å². The summed E-state index contributed by atoms with van der Waals surface area (Å²) in [4.78, 5) is 2.40. The van der Waals surface area contributed by atoms with E-state index in [4.69, 9.17) is 11.6 Å². The van der Waals surface area contributed by atoms with Crippen LogP contribution in [0.5, 0.6) is 0 Å². The van der Waals surface area contributed by atoms with E-state index in [1.807, 2.05) is 6.07 Å². The molecule has 3 heteroatoms. The van der Waals surface area contributed by atoms with Crippen LogP contribution in [0.2, 0.25) is 5.02 Å². The summed E-state index contributed by atoms with van der Waals surface area (Å²) in [5.41, 5.74) is 1.40. The summed E-state index contributed by atoms with van der Waals surface area (Å²) in [5, 5.41) is 4.53. The molecule has 0 amide bonds. The van der Waals surface area contributed by atoms with Crippen LogP contribution in [0.1, 0.15) is 44.6 Å². The second kappa shape index (κ2) is 7.44. The number of benzene rings is 1. The molecule has 2 rings (SSSR count). The fourth-order valence-electron chi connectivity index (χ4n) is 2.71. The van der Waals surface area contributed by atoms with Gasteiger partial charge in [0.05, 0.1) is 0 Å². The highest BCUT2D eigenvalue weighted by Crippen LogP contribution is 2.37. The van der Waals surface area contributed by atoms with Crippen molar-refractivity contribution >= 4 is 11.6 Å². The van der Waals surface area contributed by atoms with Gasteiger partial charge in [-0.3, -0.25) is 0 Å². The van der Waals surface area contributed by atoms with Crippen molar-refractivity contribution in [3.8, 4) is 0 Å². The van der Waals surface area contributed by atoms with Gasteiger partial charge in [-0.05, 0) is 76.9 Å². The molecule has 0 aliphatic heterocycles. The molecule has 112 valence electrons. The molecule has 0 aromatic heterocycles. The average molecular weight is 295 g/mol. The maximum atomic E-state index is 6.04. The third-order valence-electron chi connectivity index (χ3n) is 4.46. The Balaban J connectivity index is 1.60. The standard InChI is InChI=1S/C17H27ClN2/c1-13(2)20(3)9-5-8-19-17-11-15(12-17)14-6-4-7-16(18)10-14/h4,6-7,10,13,15,17,19H,5,8-9,11-12H2,1-3H3. The van der Waals surface area contributed by atoms with Crippen LogP contribution in [0.3, 0.4) is 0 Å². The van der Waals surface area contributed by atoms with Gasteiger partial charge in [-0.2, -0.15) is 0 Å². The molecule has 1 aromatic rings. The monoisotopic (exact) mass is 294 g/mol. The normalized spacial score (nSPS) is 22.3. The molecule has 0 spiro atoms. The zero-order valence-corrected chi connectivity index (χ0v) is 13.7. The van der Waals surface area contributed by atoms with Gasteiger partial charge in [-0.1, -0.05) is 23.7 Å². The summed E-state index contributed by atoms with van der Waals surface area (Å²) >= 11 is 6.04. The smallest absolute Gasteiger partial charge is 0.0408 e. The van der Waals surface area contributed by atoms with Gasteiger partial charge in [0.25, 0.3) is 0 Å². The molecule has 1 saturated carbocycles. The highest BCUT2D eigenvalue weighted by Gasteiger charge is 2.29. The summed E-state index contributed by atoms with van der Waals surface area (Å²) in [7, 11) is 2.20. The highest BCUT2D eigenvalue weighted by molar-refractivity contribution is 6.30. The fraction of sp³-hybridized carbons (Fsp3) is 0.647. The Morgan fingerprint density at radius 3 is 2.75 bits per heavy atom. The summed E-state index contributed by atoms with van der Waals surface area (Å²) in [6.07, 6.45) is 3.73. The molecule has 0 heterocycles. The summed E-state index contributed by atoms with van der Waals surface area (Å²) < 4.78 is 0. The van der Waals surface area contributed by atoms with Crippen molar-refractivity contribution in [2.45, 2.75) is 51.1 Å². The van der Waals surface area contributed by atoms with Crippen molar-refractivity contribution in [3.05, 3.63) is 34.9 Å². The molecular weight excluding hydrogens is 268 g/mol. The Hall–Kier alpha value is -0.570. The van der Waals surface area contributed by atoms with Gasteiger partial charge < -0.3 is 10.2 Å². The van der Waals surface area contributed by atoms with E-state index in [9.17, 15) is 0 Å². The van der Waals surface area contributed by atoms with Crippen LogP contribution in [-0.4, -0.2) is 37.1 Å². The molecule has 1 aliphatic rings. The van der Waals surface area contributed by atoms with E-state index in [1.165, 1.54) is 31.4 Å². The molecule has 1 fully saturated rings. The number of hydrogen-bond donors (Lipinski definition) is 1. The third-order valence-corrected chi connectivity index (χ3v) is 4.70. The quantitative estimate of drug-likeness (QED) is 0.767. The number of rotatable bonds is 7. The summed E-state index contributed by atoms with van der Waals surface area (Å²) in [6.45, 7) is 6.79. The Kier molecular flexibility index (Phi) is 5.88. The first-order chi connectivity index (χ1) is 9.56. The first-order valence-electron chi connectivity index (χ1n) is 7.75. The molecule has 0 unspecified atom stereocenters. The fourth-order valence-corrected chi connectivity index (χ4v) is 2.91. The summed E-state index contributed by atoms with van der Waals surface area (Å²) in [6, 6.07) is 9.66. The van der Waals surface area contributed by atoms with Crippen LogP contribution >= 0.6 is 11.6 Å². The van der Waals surface area contributed by atoms with Gasteiger partial charge in [0.2, 0.25) is 0 Å². The number of halogens is 1. The molecule has 2 nitrogen and oxygen atoms in total. The Morgan fingerprint density at radius 1 is 1.35 bits per heavy atom. The van der Waals surface area contributed by atoms with Crippen LogP contribution in [0.4, 0.5) is 0 Å². The number of hydrogen-bond acceptors (Lipinski definition) is 2. The van der Waals surface area contributed by atoms with E-state index in [0.29, 0.717) is 18.0 Å². The minimum absolute atomic E-state index is 0.644. The van der Waals surface area contributed by atoms with Crippen LogP contribution in [0.15, 0.2) is 24.3 Å². The SMILES string of the molecule is CC(C)N(C)CCCNC1CC(c2cccc(Cl)c2)C1. The lowest BCUT2D eigenvalue weighted by molar-refractivity contribution is 0.253. The van der Waals surface area contributed by atoms with Crippen molar-refractivity contribution in [1.82, 2.24) is 10.2 Å². The number of nitrogens with one attached hydrogen (secondary N) is 1. The first kappa shape index (κ1) is 15.8. The van der Waals surface area contributed by atoms with Crippen LogP contribution in [0, 0.1) is 0 Å². The largest absolute Gasteiger partial charge is 0.314 e. The van der Waals surface area contributed by atoms with Gasteiger partial charge >= 0.3 is 0 Å². The van der Waals surface area contributed by atoms with Crippen LogP contribution in [0.25, 0.3) is 0 Å². The van der Waals surface area contributed by atoms with E-state index >= 15 is 0 Å². The highest BCUT2D eigenvalue weighted by atomic mass is 35.5. The van der Waals surface area contributed by atoms with Gasteiger partial charge in [0, 0.05) is 17.1 Å². The summed E-state index contributed by atoms with van der Waals surface area (Å²) in [5.74, 6) is 0.699. The number of nitrogens with zero attached hydrogens (tertiary/aromatic N) is 1. The lowest BCUT2D eigenvalue weighted by Gasteiger charge is -2.36. The van der Waals surface area contributed by atoms with E-state index < -0.39 is 0 Å². The molecule has 0 saturated heterocycles. The Labute approximate surface area is 128 Å². The molecule has 20 heavy (non-hydrogen) atoms. The van der Waals surface area contributed by atoms with Crippen molar-refractivity contribution < 1.29 is 0 Å². The molecule has 1 aromatic carbocycles. The van der Waals surface area contributed by atoms with Gasteiger partial charge in [0.1, 0.15) is 0 Å². The average Bonchev–Trinajstić information content (AvgIpc) is 2.35. The van der Waals surface area contributed by atoms with E-state index in [2.05, 4.69) is 49.3 Å². The molecule has 1 N–H and O–H groups in total. The molecule has 0 radical (unpaired) electrons. The van der Waals surface area contributed by atoms with Crippen LogP contribution in [-0.2, 0) is 0 Å². The van der Waals surface area contributed by atoms with E-state index in [1.54, 1.807) is 0 Å². The predicted octanol–water partition coefficient (Wildman–Crippen LogP) is 3.91. The van der Waals surface area contributed by atoms with Gasteiger partial charge in [-0.25, -0.2) is 0 Å². The van der Waals surface area contributed by atoms with Crippen LogP contribution < -0.4 is 5.32 Å². The minimum Gasteiger partial charge on any atom is -0.314 e. The van der Waals surface area contributed by atoms with E-state index in [-0.39, 0.29) is 0 Å². The van der Waals surface area contributed by atoms with Crippen molar-refractivity contribution in [3.63, 3.8) is 0 Å². The molecule has 1 aliphatic carbocycles. The first-order valence-corrected chi connectivity index (χ1v) is 8.13. The Morgan fingerprint density at radius 2 is 2.10 bits per heavy atom. The third kappa shape index (κ3) is 4.47. The van der Waals surface area contributed by atoms with Crippen molar-refractivity contribution in [2.24, 2.45) is 0 Å². The lowest BCUT2D eigenvalue weighted by Crippen LogP contribution is -2.41. The molecule has 0 bridgehead atoms. The molecular formula is C17H27ClN2.